The van der Waals surface area contributed by atoms with Crippen LogP contribution in [0.2, 0.25) is 0 Å². The van der Waals surface area contributed by atoms with Crippen LogP contribution in [0, 0.1) is 0 Å². The lowest BCUT2D eigenvalue weighted by molar-refractivity contribution is 0.662. The maximum absolute atomic E-state index is 11.7. The van der Waals surface area contributed by atoms with Gasteiger partial charge in [0.15, 0.2) is 0 Å². The van der Waals surface area contributed by atoms with Crippen LogP contribution in [0.15, 0.2) is 41.3 Å². The molecule has 4 heteroatoms. The predicted molar refractivity (Wildman–Crippen MR) is 58.5 cm³/mol. The molecule has 2 rings (SSSR count). The number of nitrogens with one attached hydrogen (secondary N) is 1. The lowest BCUT2D eigenvalue weighted by Gasteiger charge is -2.00. The highest BCUT2D eigenvalue weighted by atomic mass is 16.1. The average molecular weight is 203 g/mol. The number of aromatic nitrogens is 2. The molecule has 0 saturated carbocycles. The Balaban J connectivity index is 2.26. The van der Waals surface area contributed by atoms with E-state index in [4.69, 9.17) is 5.73 Å². The fraction of sp³-hybridized carbons (Fsp3) is 0.182. The molecule has 0 unspecified atom stereocenters. The lowest BCUT2D eigenvalue weighted by atomic mass is 10.2. The summed E-state index contributed by atoms with van der Waals surface area (Å²) in [5.74, 6) is 0. The second-order valence-electron chi connectivity index (χ2n) is 3.38. The number of hydrogen-bond acceptors (Lipinski definition) is 2. The van der Waals surface area contributed by atoms with Crippen LogP contribution in [0.5, 0.6) is 0 Å². The first-order valence-electron chi connectivity index (χ1n) is 4.82. The molecule has 0 aliphatic rings. The number of aromatic amines is 1. The fourth-order valence-corrected chi connectivity index (χ4v) is 1.48. The molecule has 15 heavy (non-hydrogen) atoms. The lowest BCUT2D eigenvalue weighted by Crippen LogP contribution is -2.21. The van der Waals surface area contributed by atoms with E-state index in [0.717, 1.165) is 5.56 Å². The topological polar surface area (TPSA) is 63.8 Å². The summed E-state index contributed by atoms with van der Waals surface area (Å²) in [7, 11) is 0. The minimum atomic E-state index is -0.0404. The van der Waals surface area contributed by atoms with Gasteiger partial charge in [0.2, 0.25) is 0 Å². The number of nitrogens with zero attached hydrogens (tertiary/aromatic N) is 1. The van der Waals surface area contributed by atoms with Crippen molar-refractivity contribution in [3.05, 3.63) is 58.0 Å². The summed E-state index contributed by atoms with van der Waals surface area (Å²) in [6, 6.07) is 9.82. The van der Waals surface area contributed by atoms with E-state index in [9.17, 15) is 4.79 Å². The molecule has 0 radical (unpaired) electrons. The average Bonchev–Trinajstić information content (AvgIpc) is 2.62. The summed E-state index contributed by atoms with van der Waals surface area (Å²) in [5.41, 5.74) is 7.09. The molecule has 78 valence electrons. The zero-order valence-corrected chi connectivity index (χ0v) is 8.31. The van der Waals surface area contributed by atoms with Gasteiger partial charge in [0.25, 0.3) is 5.56 Å². The molecular weight excluding hydrogens is 190 g/mol. The van der Waals surface area contributed by atoms with Crippen molar-refractivity contribution >= 4 is 0 Å². The van der Waals surface area contributed by atoms with Crippen LogP contribution >= 0.6 is 0 Å². The Bertz CT molecular complexity index is 484. The maximum atomic E-state index is 11.7. The van der Waals surface area contributed by atoms with Gasteiger partial charge in [0.05, 0.1) is 6.54 Å². The molecule has 0 saturated heterocycles. The van der Waals surface area contributed by atoms with Gasteiger partial charge < -0.3 is 10.8 Å². The van der Waals surface area contributed by atoms with E-state index in [2.05, 4.69) is 5.10 Å². The van der Waals surface area contributed by atoms with E-state index in [0.29, 0.717) is 12.1 Å². The Labute approximate surface area is 87.3 Å². The molecule has 0 bridgehead atoms. The van der Waals surface area contributed by atoms with Crippen LogP contribution in [0.3, 0.4) is 0 Å². The van der Waals surface area contributed by atoms with Crippen molar-refractivity contribution in [2.45, 2.75) is 13.1 Å². The number of benzene rings is 1. The Kier molecular flexibility index (Phi) is 2.69. The van der Waals surface area contributed by atoms with Crippen molar-refractivity contribution in [3.63, 3.8) is 0 Å². The van der Waals surface area contributed by atoms with E-state index in [1.54, 1.807) is 10.9 Å². The standard InChI is InChI=1S/C11H13N3O/c12-6-10-7-13-14(11(10)15)8-9-4-2-1-3-5-9/h1-5,7,13H,6,8,12H2. The number of H-pyrrole nitrogens is 1. The summed E-state index contributed by atoms with van der Waals surface area (Å²) in [6.07, 6.45) is 1.66. The molecule has 0 atom stereocenters. The quantitative estimate of drug-likeness (QED) is 0.770. The van der Waals surface area contributed by atoms with Gasteiger partial charge in [-0.25, -0.2) is 4.68 Å². The van der Waals surface area contributed by atoms with Crippen LogP contribution in [0.4, 0.5) is 0 Å². The molecule has 0 spiro atoms. The Hall–Kier alpha value is -1.81. The molecule has 1 aromatic heterocycles. The van der Waals surface area contributed by atoms with Crippen LogP contribution in [0.25, 0.3) is 0 Å². The first-order chi connectivity index (χ1) is 7.31. The largest absolute Gasteiger partial charge is 0.326 e. The van der Waals surface area contributed by atoms with Crippen molar-refractivity contribution in [2.24, 2.45) is 5.73 Å². The van der Waals surface area contributed by atoms with Gasteiger partial charge in [-0.15, -0.1) is 0 Å². The third-order valence-electron chi connectivity index (χ3n) is 2.32. The fourth-order valence-electron chi connectivity index (χ4n) is 1.48. The summed E-state index contributed by atoms with van der Waals surface area (Å²) in [5, 5.41) is 2.90. The van der Waals surface area contributed by atoms with Gasteiger partial charge in [-0.2, -0.15) is 0 Å². The first-order valence-corrected chi connectivity index (χ1v) is 4.82. The molecule has 1 heterocycles. The summed E-state index contributed by atoms with van der Waals surface area (Å²) >= 11 is 0. The van der Waals surface area contributed by atoms with E-state index in [-0.39, 0.29) is 12.1 Å². The molecular formula is C11H13N3O. The van der Waals surface area contributed by atoms with Crippen molar-refractivity contribution < 1.29 is 0 Å². The summed E-state index contributed by atoms with van der Waals surface area (Å²) in [4.78, 5) is 11.7. The molecule has 2 aromatic rings. The van der Waals surface area contributed by atoms with Gasteiger partial charge >= 0.3 is 0 Å². The first kappa shape index (κ1) is 9.73. The zero-order valence-electron chi connectivity index (χ0n) is 8.31. The Morgan fingerprint density at radius 2 is 2.00 bits per heavy atom. The Morgan fingerprint density at radius 3 is 2.60 bits per heavy atom. The molecule has 3 N–H and O–H groups in total. The summed E-state index contributed by atoms with van der Waals surface area (Å²) < 4.78 is 1.55. The van der Waals surface area contributed by atoms with Crippen molar-refractivity contribution in [1.82, 2.24) is 9.78 Å². The van der Waals surface area contributed by atoms with Gasteiger partial charge in [0, 0.05) is 18.3 Å². The van der Waals surface area contributed by atoms with Crippen molar-refractivity contribution in [3.8, 4) is 0 Å². The molecule has 0 fully saturated rings. The van der Waals surface area contributed by atoms with Crippen LogP contribution in [0.1, 0.15) is 11.1 Å². The molecule has 0 amide bonds. The minimum Gasteiger partial charge on any atom is -0.326 e. The predicted octanol–water partition coefficient (Wildman–Crippen LogP) is 0.683. The third kappa shape index (κ3) is 1.99. The number of hydrogen-bond donors (Lipinski definition) is 2. The van der Waals surface area contributed by atoms with Gasteiger partial charge in [-0.1, -0.05) is 30.3 Å². The van der Waals surface area contributed by atoms with Gasteiger partial charge in [-0.3, -0.25) is 4.79 Å². The maximum Gasteiger partial charge on any atom is 0.271 e. The number of nitrogens with two attached hydrogens (primary N) is 1. The number of rotatable bonds is 3. The highest BCUT2D eigenvalue weighted by Gasteiger charge is 2.03. The van der Waals surface area contributed by atoms with Crippen LogP contribution < -0.4 is 11.3 Å². The van der Waals surface area contributed by atoms with E-state index >= 15 is 0 Å². The van der Waals surface area contributed by atoms with E-state index < -0.39 is 0 Å². The smallest absolute Gasteiger partial charge is 0.271 e. The molecule has 0 aliphatic heterocycles. The normalized spacial score (nSPS) is 10.5. The third-order valence-corrected chi connectivity index (χ3v) is 2.32. The highest BCUT2D eigenvalue weighted by Crippen LogP contribution is 1.99. The van der Waals surface area contributed by atoms with E-state index in [1.165, 1.54) is 0 Å². The highest BCUT2D eigenvalue weighted by molar-refractivity contribution is 5.15. The minimum absolute atomic E-state index is 0.0404. The molecule has 1 aromatic carbocycles. The Morgan fingerprint density at radius 1 is 1.27 bits per heavy atom. The molecule has 0 aliphatic carbocycles. The van der Waals surface area contributed by atoms with Crippen molar-refractivity contribution in [1.29, 1.82) is 0 Å². The zero-order chi connectivity index (χ0) is 10.7. The van der Waals surface area contributed by atoms with Gasteiger partial charge in [0.1, 0.15) is 0 Å². The molecule has 4 nitrogen and oxygen atoms in total. The SMILES string of the molecule is NCc1c[nH]n(Cc2ccccc2)c1=O. The summed E-state index contributed by atoms with van der Waals surface area (Å²) in [6.45, 7) is 0.830. The van der Waals surface area contributed by atoms with Crippen molar-refractivity contribution in [2.75, 3.05) is 0 Å². The second kappa shape index (κ2) is 4.14. The second-order valence-corrected chi connectivity index (χ2v) is 3.38. The van der Waals surface area contributed by atoms with Crippen LogP contribution in [-0.2, 0) is 13.1 Å². The van der Waals surface area contributed by atoms with Crippen LogP contribution in [-0.4, -0.2) is 9.78 Å². The monoisotopic (exact) mass is 203 g/mol. The van der Waals surface area contributed by atoms with E-state index in [1.807, 2.05) is 30.3 Å². The van der Waals surface area contributed by atoms with Gasteiger partial charge in [-0.05, 0) is 5.56 Å².